The molecule has 0 radical (unpaired) electrons. The molecule has 0 saturated carbocycles. The van der Waals surface area contributed by atoms with Gasteiger partial charge in [0.1, 0.15) is 22.9 Å². The predicted octanol–water partition coefficient (Wildman–Crippen LogP) is 2.25. The van der Waals surface area contributed by atoms with Crippen LogP contribution in [0.15, 0.2) is 48.8 Å². The molecule has 1 aliphatic rings. The number of pyridine rings is 1. The highest BCUT2D eigenvalue weighted by atomic mass is 16.5. The number of hydrogen-bond donors (Lipinski definition) is 3. The van der Waals surface area contributed by atoms with Crippen molar-refractivity contribution < 1.29 is 9.53 Å². The molecule has 160 valence electrons. The first kappa shape index (κ1) is 19.5. The molecule has 0 spiro atoms. The number of benzene rings is 1. The summed E-state index contributed by atoms with van der Waals surface area (Å²) in [4.78, 5) is 25.9. The molecule has 0 bridgehead atoms. The number of aromatic nitrogens is 5. The average Bonchev–Trinajstić information content (AvgIpc) is 3.20. The minimum Gasteiger partial charge on any atom is -0.497 e. The molecule has 3 heterocycles. The van der Waals surface area contributed by atoms with Gasteiger partial charge in [-0.1, -0.05) is 6.07 Å². The van der Waals surface area contributed by atoms with E-state index >= 15 is 0 Å². The quantitative estimate of drug-likeness (QED) is 0.448. The van der Waals surface area contributed by atoms with E-state index in [1.54, 1.807) is 31.5 Å². The zero-order valence-electron chi connectivity index (χ0n) is 17.2. The van der Waals surface area contributed by atoms with Gasteiger partial charge in [0, 0.05) is 18.0 Å². The highest BCUT2D eigenvalue weighted by molar-refractivity contribution is 6.06. The van der Waals surface area contributed by atoms with Crippen LogP contribution in [0.2, 0.25) is 0 Å². The summed E-state index contributed by atoms with van der Waals surface area (Å²) < 4.78 is 6.74. The van der Waals surface area contributed by atoms with E-state index < -0.39 is 5.91 Å². The second kappa shape index (κ2) is 7.65. The first-order chi connectivity index (χ1) is 15.5. The van der Waals surface area contributed by atoms with Crippen LogP contribution in [0.25, 0.3) is 17.2 Å². The first-order valence-electron chi connectivity index (χ1n) is 9.94. The maximum absolute atomic E-state index is 12.7. The van der Waals surface area contributed by atoms with Crippen LogP contribution in [0.1, 0.15) is 21.5 Å². The summed E-state index contributed by atoms with van der Waals surface area (Å²) in [6, 6.07) is 10.9. The standard InChI is InChI=1S/C22H20N8O2/c1-32-14-7-8-15-12(9-14)5-6-13-10-25-22(28-19(13)15)30-11-16(20(24)29-30)21(31)27-18-4-2-3-17(23)26-18/h2-4,7-11H,5-6H2,1H3,(H2,24,29)(H3,23,26,27,31). The first-order valence-corrected chi connectivity index (χ1v) is 9.94. The second-order valence-electron chi connectivity index (χ2n) is 7.34. The molecule has 0 fully saturated rings. The fourth-order valence-corrected chi connectivity index (χ4v) is 3.70. The minimum absolute atomic E-state index is 0.0536. The van der Waals surface area contributed by atoms with Crippen molar-refractivity contribution in [2.45, 2.75) is 12.8 Å². The van der Waals surface area contributed by atoms with Gasteiger partial charge in [-0.15, -0.1) is 5.10 Å². The molecule has 5 N–H and O–H groups in total. The summed E-state index contributed by atoms with van der Waals surface area (Å²) in [5.74, 6) is 1.35. The molecule has 0 unspecified atom stereocenters. The largest absolute Gasteiger partial charge is 0.497 e. The topological polar surface area (TPSA) is 147 Å². The van der Waals surface area contributed by atoms with E-state index in [1.807, 2.05) is 18.2 Å². The molecule has 4 aromatic rings. The number of nitrogens with zero attached hydrogens (tertiary/aromatic N) is 5. The van der Waals surface area contributed by atoms with Gasteiger partial charge in [-0.2, -0.15) is 0 Å². The summed E-state index contributed by atoms with van der Waals surface area (Å²) in [5, 5.41) is 6.90. The van der Waals surface area contributed by atoms with Gasteiger partial charge in [0.15, 0.2) is 5.82 Å². The molecule has 32 heavy (non-hydrogen) atoms. The fourth-order valence-electron chi connectivity index (χ4n) is 3.70. The summed E-state index contributed by atoms with van der Waals surface area (Å²) in [6.07, 6.45) is 5.01. The number of carbonyl (C=O) groups is 1. The molecular formula is C22H20N8O2. The number of nitrogens with two attached hydrogens (primary N) is 2. The second-order valence-corrected chi connectivity index (χ2v) is 7.34. The molecule has 3 aromatic heterocycles. The van der Waals surface area contributed by atoms with E-state index in [9.17, 15) is 4.79 Å². The number of rotatable bonds is 4. The van der Waals surface area contributed by atoms with E-state index in [0.29, 0.717) is 17.6 Å². The van der Waals surface area contributed by atoms with Crippen LogP contribution in [0.3, 0.4) is 0 Å². The van der Waals surface area contributed by atoms with Crippen molar-refractivity contribution in [3.8, 4) is 23.0 Å². The fraction of sp³-hybridized carbons (Fsp3) is 0.136. The normalized spacial score (nSPS) is 12.0. The van der Waals surface area contributed by atoms with Crippen LogP contribution in [0, 0.1) is 0 Å². The molecule has 1 aliphatic carbocycles. The molecule has 1 amide bonds. The van der Waals surface area contributed by atoms with Crippen LogP contribution >= 0.6 is 0 Å². The van der Waals surface area contributed by atoms with Crippen LogP contribution in [-0.2, 0) is 12.8 Å². The monoisotopic (exact) mass is 428 g/mol. The van der Waals surface area contributed by atoms with E-state index in [0.717, 1.165) is 41.0 Å². The third-order valence-electron chi connectivity index (χ3n) is 5.29. The number of aryl methyl sites for hydroxylation is 2. The third kappa shape index (κ3) is 3.47. The van der Waals surface area contributed by atoms with Crippen molar-refractivity contribution in [3.63, 3.8) is 0 Å². The number of nitrogen functional groups attached to an aromatic ring is 2. The zero-order valence-corrected chi connectivity index (χ0v) is 17.2. The molecule has 10 nitrogen and oxygen atoms in total. The lowest BCUT2D eigenvalue weighted by Gasteiger charge is -2.19. The number of nitrogens with one attached hydrogen (secondary N) is 1. The van der Waals surface area contributed by atoms with E-state index in [2.05, 4.69) is 20.4 Å². The third-order valence-corrected chi connectivity index (χ3v) is 5.29. The minimum atomic E-state index is -0.456. The van der Waals surface area contributed by atoms with E-state index in [4.69, 9.17) is 21.2 Å². The van der Waals surface area contributed by atoms with Crippen LogP contribution in [-0.4, -0.2) is 37.7 Å². The van der Waals surface area contributed by atoms with Crippen molar-refractivity contribution in [3.05, 3.63) is 65.5 Å². The smallest absolute Gasteiger partial charge is 0.262 e. The van der Waals surface area contributed by atoms with Gasteiger partial charge in [0.05, 0.1) is 12.8 Å². The summed E-state index contributed by atoms with van der Waals surface area (Å²) in [5.41, 5.74) is 15.9. The maximum Gasteiger partial charge on any atom is 0.262 e. The van der Waals surface area contributed by atoms with E-state index in [-0.39, 0.29) is 11.4 Å². The lowest BCUT2D eigenvalue weighted by molar-refractivity contribution is 0.102. The highest BCUT2D eigenvalue weighted by Gasteiger charge is 2.21. The summed E-state index contributed by atoms with van der Waals surface area (Å²) >= 11 is 0. The van der Waals surface area contributed by atoms with Gasteiger partial charge in [0.2, 0.25) is 0 Å². The van der Waals surface area contributed by atoms with Crippen LogP contribution in [0.5, 0.6) is 5.75 Å². The Kier molecular flexibility index (Phi) is 4.66. The Bertz CT molecular complexity index is 1350. The number of carbonyl (C=O) groups excluding carboxylic acids is 1. The number of hydrogen-bond acceptors (Lipinski definition) is 8. The Hall–Kier alpha value is -4.47. The van der Waals surface area contributed by atoms with Crippen LogP contribution < -0.4 is 21.5 Å². The van der Waals surface area contributed by atoms with Crippen molar-refractivity contribution >= 4 is 23.4 Å². The Morgan fingerprint density at radius 1 is 1.12 bits per heavy atom. The van der Waals surface area contributed by atoms with Gasteiger partial charge in [-0.05, 0) is 54.3 Å². The molecule has 1 aromatic carbocycles. The molecule has 5 rings (SSSR count). The number of anilines is 3. The average molecular weight is 428 g/mol. The number of methoxy groups -OCH3 is 1. The lowest BCUT2D eigenvalue weighted by Crippen LogP contribution is -2.14. The Balaban J connectivity index is 1.47. The van der Waals surface area contributed by atoms with Gasteiger partial charge in [0.25, 0.3) is 11.9 Å². The number of amides is 1. The van der Waals surface area contributed by atoms with Crippen molar-refractivity contribution in [2.75, 3.05) is 23.9 Å². The van der Waals surface area contributed by atoms with Crippen molar-refractivity contribution in [2.24, 2.45) is 0 Å². The summed E-state index contributed by atoms with van der Waals surface area (Å²) in [7, 11) is 1.65. The van der Waals surface area contributed by atoms with Gasteiger partial charge in [-0.3, -0.25) is 4.79 Å². The van der Waals surface area contributed by atoms with Gasteiger partial charge in [-0.25, -0.2) is 19.6 Å². The summed E-state index contributed by atoms with van der Waals surface area (Å²) in [6.45, 7) is 0. The van der Waals surface area contributed by atoms with Crippen molar-refractivity contribution in [1.82, 2.24) is 24.7 Å². The molecule has 10 heteroatoms. The zero-order chi connectivity index (χ0) is 22.2. The highest BCUT2D eigenvalue weighted by Crippen LogP contribution is 2.34. The molecular weight excluding hydrogens is 408 g/mol. The SMILES string of the molecule is COc1ccc2c(c1)CCc1cnc(-n3cc(C(=O)Nc4cccc(N)n4)c(N)n3)nc1-2. The molecule has 0 atom stereocenters. The lowest BCUT2D eigenvalue weighted by atomic mass is 9.90. The van der Waals surface area contributed by atoms with E-state index in [1.165, 1.54) is 10.9 Å². The molecule has 0 aliphatic heterocycles. The van der Waals surface area contributed by atoms with Crippen molar-refractivity contribution in [1.29, 1.82) is 0 Å². The Morgan fingerprint density at radius 2 is 1.97 bits per heavy atom. The maximum atomic E-state index is 12.7. The number of fused-ring (bicyclic) bond motifs is 3. The van der Waals surface area contributed by atoms with Gasteiger partial charge >= 0.3 is 0 Å². The predicted molar refractivity (Wildman–Crippen MR) is 120 cm³/mol. The van der Waals surface area contributed by atoms with Crippen LogP contribution in [0.4, 0.5) is 17.5 Å². The van der Waals surface area contributed by atoms with Gasteiger partial charge < -0.3 is 21.5 Å². The molecule has 0 saturated heterocycles. The Morgan fingerprint density at radius 3 is 2.78 bits per heavy atom. The number of ether oxygens (including phenoxy) is 1. The Labute approximate surface area is 183 Å².